The topological polar surface area (TPSA) is 12.0 Å². The van der Waals surface area contributed by atoms with Gasteiger partial charge in [-0.2, -0.15) is 13.2 Å². The molecule has 1 nitrogen and oxygen atoms in total. The zero-order valence-electron chi connectivity index (χ0n) is 10.0. The number of benzene rings is 1. The van der Waals surface area contributed by atoms with E-state index >= 15 is 0 Å². The molecule has 1 heterocycles. The fraction of sp³-hybridized carbons (Fsp3) is 0.538. The maximum Gasteiger partial charge on any atom is 0.416 e. The van der Waals surface area contributed by atoms with Crippen molar-refractivity contribution >= 4 is 0 Å². The Kier molecular flexibility index (Phi) is 3.61. The van der Waals surface area contributed by atoms with E-state index < -0.39 is 17.9 Å². The van der Waals surface area contributed by atoms with Gasteiger partial charge in [0.2, 0.25) is 0 Å². The number of hydrogen-bond donors (Lipinski definition) is 1. The number of aryl methyl sites for hydroxylation is 1. The van der Waals surface area contributed by atoms with Gasteiger partial charge in [0.25, 0.3) is 0 Å². The Bertz CT molecular complexity index is 421. The average molecular weight is 261 g/mol. The third kappa shape index (κ3) is 2.66. The lowest BCUT2D eigenvalue weighted by atomic mass is 9.96. The molecule has 1 aliphatic rings. The van der Waals surface area contributed by atoms with Crippen molar-refractivity contribution in [3.05, 3.63) is 34.9 Å². The van der Waals surface area contributed by atoms with Crippen molar-refractivity contribution in [1.82, 2.24) is 5.32 Å². The summed E-state index contributed by atoms with van der Waals surface area (Å²) in [5.74, 6) is 0. The van der Waals surface area contributed by atoms with Crippen molar-refractivity contribution in [2.45, 2.75) is 38.2 Å². The Morgan fingerprint density at radius 1 is 1.33 bits per heavy atom. The molecule has 0 aromatic heterocycles. The highest BCUT2D eigenvalue weighted by Crippen LogP contribution is 2.34. The van der Waals surface area contributed by atoms with Gasteiger partial charge in [-0.1, -0.05) is 6.07 Å². The van der Waals surface area contributed by atoms with Gasteiger partial charge in [-0.15, -0.1) is 0 Å². The van der Waals surface area contributed by atoms with E-state index in [9.17, 15) is 17.6 Å². The Morgan fingerprint density at radius 2 is 2.06 bits per heavy atom. The van der Waals surface area contributed by atoms with Crippen LogP contribution in [0.4, 0.5) is 17.6 Å². The molecule has 1 N–H and O–H groups in total. The molecule has 0 amide bonds. The molecule has 0 radical (unpaired) electrons. The number of rotatable bonds is 2. The Labute approximate surface area is 103 Å². The standard InChI is InChI=1S/C13H15F4N/c1-8-7-9(13(15,16)17)4-5-10(8)12(14)11-3-2-6-18-11/h4-5,7,11-12,18H,2-3,6H2,1H3. The summed E-state index contributed by atoms with van der Waals surface area (Å²) in [6.07, 6.45) is -3.98. The largest absolute Gasteiger partial charge is 0.416 e. The zero-order valence-corrected chi connectivity index (χ0v) is 10.0. The van der Waals surface area contributed by atoms with E-state index in [4.69, 9.17) is 0 Å². The van der Waals surface area contributed by atoms with Crippen LogP contribution >= 0.6 is 0 Å². The first-order valence-electron chi connectivity index (χ1n) is 5.95. The molecule has 1 aromatic rings. The van der Waals surface area contributed by atoms with Gasteiger partial charge in [0.05, 0.1) is 5.56 Å². The van der Waals surface area contributed by atoms with E-state index in [-0.39, 0.29) is 6.04 Å². The van der Waals surface area contributed by atoms with Crippen LogP contribution in [0.1, 0.15) is 35.7 Å². The summed E-state index contributed by atoms with van der Waals surface area (Å²) in [4.78, 5) is 0. The average Bonchev–Trinajstić information content (AvgIpc) is 2.80. The predicted molar refractivity (Wildman–Crippen MR) is 61.1 cm³/mol. The molecule has 0 spiro atoms. The summed E-state index contributed by atoms with van der Waals surface area (Å²) in [7, 11) is 0. The predicted octanol–water partition coefficient (Wildman–Crippen LogP) is 3.78. The minimum absolute atomic E-state index is 0.277. The summed E-state index contributed by atoms with van der Waals surface area (Å²) < 4.78 is 51.7. The van der Waals surface area contributed by atoms with E-state index in [0.717, 1.165) is 31.5 Å². The molecular formula is C13H15F4N. The fourth-order valence-corrected chi connectivity index (χ4v) is 2.34. The summed E-state index contributed by atoms with van der Waals surface area (Å²) in [5.41, 5.74) is -0.0243. The summed E-state index contributed by atoms with van der Waals surface area (Å²) in [5, 5.41) is 3.03. The molecule has 0 saturated carbocycles. The molecule has 0 bridgehead atoms. The van der Waals surface area contributed by atoms with Crippen LogP contribution < -0.4 is 5.32 Å². The van der Waals surface area contributed by atoms with Crippen LogP contribution in [-0.4, -0.2) is 12.6 Å². The second-order valence-electron chi connectivity index (χ2n) is 4.67. The number of hydrogen-bond acceptors (Lipinski definition) is 1. The minimum atomic E-state index is -4.37. The van der Waals surface area contributed by atoms with Gasteiger partial charge in [0.15, 0.2) is 0 Å². The van der Waals surface area contributed by atoms with Crippen LogP contribution in [0.25, 0.3) is 0 Å². The van der Waals surface area contributed by atoms with E-state index in [2.05, 4.69) is 5.32 Å². The maximum absolute atomic E-state index is 14.2. The summed E-state index contributed by atoms with van der Waals surface area (Å²) >= 11 is 0. The molecule has 1 fully saturated rings. The van der Waals surface area contributed by atoms with Gasteiger partial charge in [-0.25, -0.2) is 4.39 Å². The third-order valence-electron chi connectivity index (χ3n) is 3.35. The molecule has 18 heavy (non-hydrogen) atoms. The van der Waals surface area contributed by atoms with Gasteiger partial charge in [0.1, 0.15) is 6.17 Å². The SMILES string of the molecule is Cc1cc(C(F)(F)F)ccc1C(F)C1CCCN1. The van der Waals surface area contributed by atoms with E-state index in [0.29, 0.717) is 11.1 Å². The van der Waals surface area contributed by atoms with Crippen molar-refractivity contribution in [1.29, 1.82) is 0 Å². The zero-order chi connectivity index (χ0) is 13.3. The third-order valence-corrected chi connectivity index (χ3v) is 3.35. The van der Waals surface area contributed by atoms with Gasteiger partial charge >= 0.3 is 6.18 Å². The van der Waals surface area contributed by atoms with E-state index in [1.54, 1.807) is 0 Å². The lowest BCUT2D eigenvalue weighted by Gasteiger charge is -2.19. The van der Waals surface area contributed by atoms with Gasteiger partial charge in [0, 0.05) is 6.04 Å². The Balaban J connectivity index is 2.24. The molecule has 2 unspecified atom stereocenters. The van der Waals surface area contributed by atoms with Crippen LogP contribution in [0, 0.1) is 6.92 Å². The first kappa shape index (κ1) is 13.3. The van der Waals surface area contributed by atoms with E-state index in [1.807, 2.05) is 0 Å². The number of nitrogens with one attached hydrogen (secondary N) is 1. The maximum atomic E-state index is 14.2. The van der Waals surface area contributed by atoms with Crippen molar-refractivity contribution in [2.24, 2.45) is 0 Å². The molecule has 1 aromatic carbocycles. The second-order valence-corrected chi connectivity index (χ2v) is 4.67. The van der Waals surface area contributed by atoms with Gasteiger partial charge in [-0.05, 0) is 49.6 Å². The fourth-order valence-electron chi connectivity index (χ4n) is 2.34. The van der Waals surface area contributed by atoms with Gasteiger partial charge < -0.3 is 5.32 Å². The first-order valence-corrected chi connectivity index (χ1v) is 5.95. The summed E-state index contributed by atoms with van der Waals surface area (Å²) in [6, 6.07) is 2.93. The van der Waals surface area contributed by atoms with Crippen molar-refractivity contribution < 1.29 is 17.6 Å². The van der Waals surface area contributed by atoms with Crippen molar-refractivity contribution in [2.75, 3.05) is 6.54 Å². The van der Waals surface area contributed by atoms with Crippen molar-refractivity contribution in [3.8, 4) is 0 Å². The lowest BCUT2D eigenvalue weighted by Crippen LogP contribution is -2.27. The Morgan fingerprint density at radius 3 is 2.56 bits per heavy atom. The van der Waals surface area contributed by atoms with Crippen LogP contribution in [0.15, 0.2) is 18.2 Å². The van der Waals surface area contributed by atoms with Crippen LogP contribution in [0.3, 0.4) is 0 Å². The smallest absolute Gasteiger partial charge is 0.311 e. The monoisotopic (exact) mass is 261 g/mol. The highest BCUT2D eigenvalue weighted by Gasteiger charge is 2.32. The highest BCUT2D eigenvalue weighted by molar-refractivity contribution is 5.34. The molecule has 2 rings (SSSR count). The molecule has 0 aliphatic carbocycles. The van der Waals surface area contributed by atoms with Crippen molar-refractivity contribution in [3.63, 3.8) is 0 Å². The van der Waals surface area contributed by atoms with Crippen LogP contribution in [0.5, 0.6) is 0 Å². The molecular weight excluding hydrogens is 246 g/mol. The first-order chi connectivity index (χ1) is 8.39. The van der Waals surface area contributed by atoms with Crippen LogP contribution in [-0.2, 0) is 6.18 Å². The molecule has 5 heteroatoms. The Hall–Kier alpha value is -1.10. The number of halogens is 4. The molecule has 1 saturated heterocycles. The normalized spacial score (nSPS) is 22.2. The van der Waals surface area contributed by atoms with Gasteiger partial charge in [-0.3, -0.25) is 0 Å². The molecule has 2 atom stereocenters. The van der Waals surface area contributed by atoms with E-state index in [1.165, 1.54) is 13.0 Å². The molecule has 1 aliphatic heterocycles. The summed E-state index contributed by atoms with van der Waals surface area (Å²) in [6.45, 7) is 2.29. The highest BCUT2D eigenvalue weighted by atomic mass is 19.4. The minimum Gasteiger partial charge on any atom is -0.311 e. The second kappa shape index (κ2) is 4.88. The number of alkyl halides is 4. The van der Waals surface area contributed by atoms with Crippen LogP contribution in [0.2, 0.25) is 0 Å². The molecule has 100 valence electrons. The quantitative estimate of drug-likeness (QED) is 0.799. The lowest BCUT2D eigenvalue weighted by molar-refractivity contribution is -0.137.